The van der Waals surface area contributed by atoms with Crippen LogP contribution in [0.2, 0.25) is 0 Å². The van der Waals surface area contributed by atoms with Crippen LogP contribution in [0.5, 0.6) is 0 Å². The summed E-state index contributed by atoms with van der Waals surface area (Å²) in [4.78, 5) is 25.5. The topological polar surface area (TPSA) is 75.5 Å². The first kappa shape index (κ1) is 17.0. The Morgan fingerprint density at radius 2 is 1.88 bits per heavy atom. The largest absolute Gasteiger partial charge is 0.380 e. The maximum absolute atomic E-state index is 12.9. The summed E-state index contributed by atoms with van der Waals surface area (Å²) in [6.45, 7) is 3.79. The molecule has 0 unspecified atom stereocenters. The third-order valence-electron chi connectivity index (χ3n) is 4.54. The highest BCUT2D eigenvalue weighted by Gasteiger charge is 2.23. The zero-order chi connectivity index (χ0) is 17.8. The van der Waals surface area contributed by atoms with Crippen molar-refractivity contribution in [3.05, 3.63) is 69.3 Å². The fourth-order valence-corrected chi connectivity index (χ4v) is 3.21. The van der Waals surface area contributed by atoms with E-state index in [4.69, 9.17) is 0 Å². The van der Waals surface area contributed by atoms with E-state index in [1.165, 1.54) is 6.07 Å². The lowest BCUT2D eigenvalue weighted by Crippen LogP contribution is -2.29. The number of rotatable bonds is 5. The van der Waals surface area contributed by atoms with Crippen LogP contribution in [-0.4, -0.2) is 28.8 Å². The van der Waals surface area contributed by atoms with E-state index in [-0.39, 0.29) is 16.5 Å². The zero-order valence-electron chi connectivity index (χ0n) is 14.2. The number of hydrogen-bond acceptors (Lipinski definition) is 4. The summed E-state index contributed by atoms with van der Waals surface area (Å²) in [7, 11) is 0. The number of nitro groups is 1. The van der Waals surface area contributed by atoms with E-state index in [0.29, 0.717) is 17.7 Å². The maximum Gasteiger partial charge on any atom is 0.274 e. The number of nitro benzene ring substituents is 1. The molecule has 0 aromatic heterocycles. The van der Waals surface area contributed by atoms with Crippen LogP contribution in [-0.2, 0) is 6.54 Å². The van der Waals surface area contributed by atoms with Gasteiger partial charge in [0.25, 0.3) is 11.6 Å². The number of carbonyl (C=O) groups excluding carboxylic acids is 1. The third kappa shape index (κ3) is 3.63. The van der Waals surface area contributed by atoms with Crippen LogP contribution in [0.25, 0.3) is 0 Å². The van der Waals surface area contributed by atoms with E-state index in [9.17, 15) is 14.9 Å². The van der Waals surface area contributed by atoms with Crippen molar-refractivity contribution in [1.29, 1.82) is 0 Å². The molecule has 1 fully saturated rings. The SMILES string of the molecule is Cc1cccc(NCc2ccccc2[N+](=O)[O-])c1C(=O)N1CCCC1. The molecule has 1 amide bonds. The van der Waals surface area contributed by atoms with Gasteiger partial charge in [-0.25, -0.2) is 0 Å². The van der Waals surface area contributed by atoms with Crippen molar-refractivity contribution >= 4 is 17.3 Å². The Morgan fingerprint density at radius 1 is 1.16 bits per heavy atom. The first-order chi connectivity index (χ1) is 12.1. The summed E-state index contributed by atoms with van der Waals surface area (Å²) < 4.78 is 0. The highest BCUT2D eigenvalue weighted by Crippen LogP contribution is 2.25. The second-order valence-corrected chi connectivity index (χ2v) is 6.24. The molecule has 0 atom stereocenters. The lowest BCUT2D eigenvalue weighted by Gasteiger charge is -2.20. The normalized spacial score (nSPS) is 13.7. The number of carbonyl (C=O) groups is 1. The summed E-state index contributed by atoms with van der Waals surface area (Å²) in [5.74, 6) is 0.0284. The minimum atomic E-state index is -0.385. The predicted molar refractivity (Wildman–Crippen MR) is 96.7 cm³/mol. The van der Waals surface area contributed by atoms with Crippen molar-refractivity contribution in [2.24, 2.45) is 0 Å². The van der Waals surface area contributed by atoms with Crippen LogP contribution in [0, 0.1) is 17.0 Å². The molecule has 6 heteroatoms. The number of amides is 1. The second kappa shape index (κ2) is 7.34. The number of nitrogens with one attached hydrogen (secondary N) is 1. The molecule has 6 nitrogen and oxygen atoms in total. The summed E-state index contributed by atoms with van der Waals surface area (Å²) in [5, 5.41) is 14.4. The van der Waals surface area contributed by atoms with E-state index >= 15 is 0 Å². The van der Waals surface area contributed by atoms with E-state index in [1.54, 1.807) is 18.2 Å². The van der Waals surface area contributed by atoms with E-state index in [2.05, 4.69) is 5.32 Å². The quantitative estimate of drug-likeness (QED) is 0.665. The molecule has 1 aliphatic rings. The first-order valence-corrected chi connectivity index (χ1v) is 8.43. The van der Waals surface area contributed by atoms with Crippen molar-refractivity contribution in [1.82, 2.24) is 4.90 Å². The molecule has 1 aliphatic heterocycles. The van der Waals surface area contributed by atoms with Crippen LogP contribution in [0.15, 0.2) is 42.5 Å². The predicted octanol–water partition coefficient (Wildman–Crippen LogP) is 3.75. The molecular formula is C19H21N3O3. The molecule has 3 rings (SSSR count). The van der Waals surface area contributed by atoms with Crippen molar-refractivity contribution in [3.63, 3.8) is 0 Å². The molecule has 0 aliphatic carbocycles. The number of benzene rings is 2. The Morgan fingerprint density at radius 3 is 2.60 bits per heavy atom. The number of likely N-dealkylation sites (tertiary alicyclic amines) is 1. The molecule has 2 aromatic carbocycles. The monoisotopic (exact) mass is 339 g/mol. The molecule has 0 bridgehead atoms. The number of nitrogens with zero attached hydrogens (tertiary/aromatic N) is 2. The number of para-hydroxylation sites is 1. The molecule has 0 spiro atoms. The Kier molecular flexibility index (Phi) is 4.97. The smallest absolute Gasteiger partial charge is 0.274 e. The molecule has 2 aromatic rings. The summed E-state index contributed by atoms with van der Waals surface area (Å²) in [6, 6.07) is 12.3. The Bertz CT molecular complexity index is 798. The molecule has 0 saturated carbocycles. The fourth-order valence-electron chi connectivity index (χ4n) is 3.21. The molecule has 1 saturated heterocycles. The van der Waals surface area contributed by atoms with Crippen LogP contribution >= 0.6 is 0 Å². The zero-order valence-corrected chi connectivity index (χ0v) is 14.2. The molecule has 0 radical (unpaired) electrons. The average Bonchev–Trinajstić information content (AvgIpc) is 3.14. The lowest BCUT2D eigenvalue weighted by atomic mass is 10.0. The lowest BCUT2D eigenvalue weighted by molar-refractivity contribution is -0.385. The average molecular weight is 339 g/mol. The summed E-state index contributed by atoms with van der Waals surface area (Å²) in [6.07, 6.45) is 2.08. The van der Waals surface area contributed by atoms with Gasteiger partial charge in [-0.2, -0.15) is 0 Å². The minimum Gasteiger partial charge on any atom is -0.380 e. The Hall–Kier alpha value is -2.89. The molecular weight excluding hydrogens is 318 g/mol. The third-order valence-corrected chi connectivity index (χ3v) is 4.54. The van der Waals surface area contributed by atoms with Gasteiger partial charge in [-0.1, -0.05) is 30.3 Å². The number of hydrogen-bond donors (Lipinski definition) is 1. The van der Waals surface area contributed by atoms with Gasteiger partial charge in [0.15, 0.2) is 0 Å². The van der Waals surface area contributed by atoms with Crippen LogP contribution in [0.1, 0.15) is 34.3 Å². The first-order valence-electron chi connectivity index (χ1n) is 8.43. The van der Waals surface area contributed by atoms with Gasteiger partial charge in [0.1, 0.15) is 0 Å². The summed E-state index contributed by atoms with van der Waals surface area (Å²) in [5.41, 5.74) is 2.95. The Labute approximate surface area is 146 Å². The van der Waals surface area contributed by atoms with E-state index in [0.717, 1.165) is 37.2 Å². The van der Waals surface area contributed by atoms with Crippen molar-refractivity contribution in [3.8, 4) is 0 Å². The molecule has 25 heavy (non-hydrogen) atoms. The van der Waals surface area contributed by atoms with E-state index < -0.39 is 0 Å². The second-order valence-electron chi connectivity index (χ2n) is 6.24. The standard InChI is InChI=1S/C19H21N3O3/c1-14-7-6-9-16(18(14)19(23)21-11-4-5-12-21)20-13-15-8-2-3-10-17(15)22(24)25/h2-3,6-10,20H,4-5,11-13H2,1H3. The molecule has 130 valence electrons. The molecule has 1 N–H and O–H groups in total. The Balaban J connectivity index is 1.85. The number of anilines is 1. The van der Waals surface area contributed by atoms with Crippen molar-refractivity contribution in [2.75, 3.05) is 18.4 Å². The molecule has 1 heterocycles. The number of aryl methyl sites for hydroxylation is 1. The fraction of sp³-hybridized carbons (Fsp3) is 0.316. The van der Waals surface area contributed by atoms with Crippen molar-refractivity contribution < 1.29 is 9.72 Å². The highest BCUT2D eigenvalue weighted by atomic mass is 16.6. The van der Waals surface area contributed by atoms with Gasteiger partial charge in [-0.3, -0.25) is 14.9 Å². The van der Waals surface area contributed by atoms with Crippen LogP contribution in [0.3, 0.4) is 0 Å². The minimum absolute atomic E-state index is 0.0284. The van der Waals surface area contributed by atoms with Gasteiger partial charge in [0, 0.05) is 37.0 Å². The van der Waals surface area contributed by atoms with Gasteiger partial charge in [-0.15, -0.1) is 0 Å². The van der Waals surface area contributed by atoms with Gasteiger partial charge in [0.2, 0.25) is 0 Å². The van der Waals surface area contributed by atoms with Crippen LogP contribution < -0.4 is 5.32 Å². The maximum atomic E-state index is 12.9. The van der Waals surface area contributed by atoms with Gasteiger partial charge >= 0.3 is 0 Å². The summed E-state index contributed by atoms with van der Waals surface area (Å²) >= 11 is 0. The van der Waals surface area contributed by atoms with Gasteiger partial charge in [0.05, 0.1) is 10.5 Å². The van der Waals surface area contributed by atoms with E-state index in [1.807, 2.05) is 30.0 Å². The van der Waals surface area contributed by atoms with Crippen LogP contribution in [0.4, 0.5) is 11.4 Å². The highest BCUT2D eigenvalue weighted by molar-refractivity contribution is 6.01. The van der Waals surface area contributed by atoms with Crippen molar-refractivity contribution in [2.45, 2.75) is 26.3 Å². The van der Waals surface area contributed by atoms with Gasteiger partial charge < -0.3 is 10.2 Å². The van der Waals surface area contributed by atoms with Gasteiger partial charge in [-0.05, 0) is 31.4 Å².